The summed E-state index contributed by atoms with van der Waals surface area (Å²) in [6.07, 6.45) is 2.58. The van der Waals surface area contributed by atoms with Crippen LogP contribution >= 0.6 is 0 Å². The number of hydrogen-bond acceptors (Lipinski definition) is 5. The van der Waals surface area contributed by atoms with E-state index in [9.17, 15) is 14.4 Å². The maximum Gasteiger partial charge on any atom is 0.337 e. The van der Waals surface area contributed by atoms with Crippen molar-refractivity contribution < 1.29 is 23.9 Å². The van der Waals surface area contributed by atoms with Gasteiger partial charge in [0.1, 0.15) is 5.75 Å². The summed E-state index contributed by atoms with van der Waals surface area (Å²) in [4.78, 5) is 36.5. The van der Waals surface area contributed by atoms with E-state index in [4.69, 9.17) is 9.47 Å². The number of esters is 1. The average Bonchev–Trinajstić information content (AvgIpc) is 2.75. The Hall–Kier alpha value is -3.61. The standard InChI is InChI=1S/C22H24N2O5/c1-4-5-10-20(25)23-14-15-11-16(22(27)29-3)13-17(12-15)24-21(26)18-8-6-7-9-19(18)28-2/h4,6-9,11-13H,1,5,10,14H2,2-3H3,(H,23,25)(H,24,26). The number of ether oxygens (including phenoxy) is 2. The van der Waals surface area contributed by atoms with E-state index in [1.54, 1.807) is 42.5 Å². The predicted octanol–water partition coefficient (Wildman–Crippen LogP) is 3.32. The van der Waals surface area contributed by atoms with E-state index in [1.807, 2.05) is 0 Å². The molecule has 0 saturated carbocycles. The van der Waals surface area contributed by atoms with Gasteiger partial charge in [-0.3, -0.25) is 9.59 Å². The Balaban J connectivity index is 2.23. The van der Waals surface area contributed by atoms with Crippen LogP contribution < -0.4 is 15.4 Å². The highest BCUT2D eigenvalue weighted by Gasteiger charge is 2.15. The van der Waals surface area contributed by atoms with Crippen LogP contribution in [0.4, 0.5) is 5.69 Å². The van der Waals surface area contributed by atoms with Gasteiger partial charge in [-0.25, -0.2) is 4.79 Å². The number of carbonyl (C=O) groups is 3. The van der Waals surface area contributed by atoms with Gasteiger partial charge >= 0.3 is 5.97 Å². The van der Waals surface area contributed by atoms with E-state index >= 15 is 0 Å². The van der Waals surface area contributed by atoms with Gasteiger partial charge in [-0.2, -0.15) is 0 Å². The molecule has 0 fully saturated rings. The number of amides is 2. The summed E-state index contributed by atoms with van der Waals surface area (Å²) >= 11 is 0. The highest BCUT2D eigenvalue weighted by Crippen LogP contribution is 2.21. The van der Waals surface area contributed by atoms with Gasteiger partial charge in [0.05, 0.1) is 25.3 Å². The predicted molar refractivity (Wildman–Crippen MR) is 110 cm³/mol. The summed E-state index contributed by atoms with van der Waals surface area (Å²) in [6, 6.07) is 11.6. The van der Waals surface area contributed by atoms with Gasteiger partial charge in [0, 0.05) is 18.7 Å². The third-order valence-electron chi connectivity index (χ3n) is 4.09. The maximum atomic E-state index is 12.7. The first-order valence-corrected chi connectivity index (χ1v) is 9.02. The Morgan fingerprint density at radius 2 is 1.86 bits per heavy atom. The third-order valence-corrected chi connectivity index (χ3v) is 4.09. The highest BCUT2D eigenvalue weighted by atomic mass is 16.5. The molecule has 2 amide bonds. The molecule has 0 aliphatic carbocycles. The van der Waals surface area contributed by atoms with E-state index < -0.39 is 5.97 Å². The third kappa shape index (κ3) is 6.21. The van der Waals surface area contributed by atoms with Gasteiger partial charge in [-0.05, 0) is 42.3 Å². The smallest absolute Gasteiger partial charge is 0.337 e. The molecule has 0 bridgehead atoms. The molecule has 2 N–H and O–H groups in total. The van der Waals surface area contributed by atoms with Crippen LogP contribution in [0.25, 0.3) is 0 Å². The van der Waals surface area contributed by atoms with Gasteiger partial charge < -0.3 is 20.1 Å². The number of nitrogens with one attached hydrogen (secondary N) is 2. The maximum absolute atomic E-state index is 12.7. The van der Waals surface area contributed by atoms with Crippen molar-refractivity contribution in [2.75, 3.05) is 19.5 Å². The van der Waals surface area contributed by atoms with Crippen molar-refractivity contribution in [1.82, 2.24) is 5.32 Å². The minimum Gasteiger partial charge on any atom is -0.496 e. The van der Waals surface area contributed by atoms with Crippen molar-refractivity contribution in [3.05, 3.63) is 71.8 Å². The Kier molecular flexibility index (Phi) is 7.97. The molecular formula is C22H24N2O5. The second-order valence-electron chi connectivity index (χ2n) is 6.17. The van der Waals surface area contributed by atoms with Crippen LogP contribution in [0.15, 0.2) is 55.1 Å². The van der Waals surface area contributed by atoms with Crippen molar-refractivity contribution in [1.29, 1.82) is 0 Å². The summed E-state index contributed by atoms with van der Waals surface area (Å²) in [5, 5.41) is 5.54. The molecule has 0 aliphatic rings. The summed E-state index contributed by atoms with van der Waals surface area (Å²) in [7, 11) is 2.76. The number of para-hydroxylation sites is 1. The Morgan fingerprint density at radius 1 is 1.10 bits per heavy atom. The second kappa shape index (κ2) is 10.7. The average molecular weight is 396 g/mol. The summed E-state index contributed by atoms with van der Waals surface area (Å²) in [6.45, 7) is 3.79. The molecule has 29 heavy (non-hydrogen) atoms. The van der Waals surface area contributed by atoms with Gasteiger partial charge in [0.15, 0.2) is 0 Å². The fraction of sp³-hybridized carbons (Fsp3) is 0.227. The first kappa shape index (κ1) is 21.7. The Bertz CT molecular complexity index is 908. The van der Waals surface area contributed by atoms with Crippen molar-refractivity contribution >= 4 is 23.5 Å². The van der Waals surface area contributed by atoms with E-state index in [1.165, 1.54) is 20.3 Å². The lowest BCUT2D eigenvalue weighted by Gasteiger charge is -2.12. The molecule has 0 atom stereocenters. The van der Waals surface area contributed by atoms with Crippen LogP contribution in [0.3, 0.4) is 0 Å². The van der Waals surface area contributed by atoms with Crippen molar-refractivity contribution in [3.63, 3.8) is 0 Å². The molecule has 0 aromatic heterocycles. The highest BCUT2D eigenvalue weighted by molar-refractivity contribution is 6.06. The molecule has 0 aliphatic heterocycles. The van der Waals surface area contributed by atoms with E-state index in [0.717, 1.165) is 0 Å². The lowest BCUT2D eigenvalue weighted by atomic mass is 10.1. The van der Waals surface area contributed by atoms with E-state index in [0.29, 0.717) is 35.4 Å². The number of benzene rings is 2. The monoisotopic (exact) mass is 396 g/mol. The minimum absolute atomic E-state index is 0.132. The molecular weight excluding hydrogens is 372 g/mol. The molecule has 2 rings (SSSR count). The summed E-state index contributed by atoms with van der Waals surface area (Å²) in [5.74, 6) is -0.625. The zero-order chi connectivity index (χ0) is 21.2. The number of allylic oxidation sites excluding steroid dienone is 1. The topological polar surface area (TPSA) is 93.7 Å². The lowest BCUT2D eigenvalue weighted by molar-refractivity contribution is -0.121. The van der Waals surface area contributed by atoms with Crippen LogP contribution in [0, 0.1) is 0 Å². The Morgan fingerprint density at radius 3 is 2.55 bits per heavy atom. The molecule has 7 heteroatoms. The molecule has 0 saturated heterocycles. The molecule has 0 radical (unpaired) electrons. The summed E-state index contributed by atoms with van der Waals surface area (Å²) in [5.41, 5.74) is 1.67. The van der Waals surface area contributed by atoms with E-state index in [-0.39, 0.29) is 23.9 Å². The SMILES string of the molecule is C=CCCC(=O)NCc1cc(NC(=O)c2ccccc2OC)cc(C(=O)OC)c1. The lowest BCUT2D eigenvalue weighted by Crippen LogP contribution is -2.22. The first-order chi connectivity index (χ1) is 14.0. The molecule has 0 heterocycles. The minimum atomic E-state index is -0.544. The second-order valence-corrected chi connectivity index (χ2v) is 6.17. The molecule has 2 aromatic rings. The normalized spacial score (nSPS) is 10.0. The number of anilines is 1. The molecule has 0 spiro atoms. The summed E-state index contributed by atoms with van der Waals surface area (Å²) < 4.78 is 10.00. The van der Waals surface area contributed by atoms with Gasteiger partial charge in [-0.15, -0.1) is 6.58 Å². The van der Waals surface area contributed by atoms with Crippen LogP contribution in [-0.4, -0.2) is 32.0 Å². The van der Waals surface area contributed by atoms with Crippen LogP contribution in [-0.2, 0) is 16.1 Å². The first-order valence-electron chi connectivity index (χ1n) is 9.02. The van der Waals surface area contributed by atoms with Crippen molar-refractivity contribution in [2.45, 2.75) is 19.4 Å². The molecule has 152 valence electrons. The molecule has 0 unspecified atom stereocenters. The van der Waals surface area contributed by atoms with Gasteiger partial charge in [0.25, 0.3) is 5.91 Å². The van der Waals surface area contributed by atoms with Crippen LogP contribution in [0.1, 0.15) is 39.1 Å². The molecule has 2 aromatic carbocycles. The zero-order valence-electron chi connectivity index (χ0n) is 16.5. The number of hydrogen-bond donors (Lipinski definition) is 2. The van der Waals surface area contributed by atoms with Crippen LogP contribution in [0.2, 0.25) is 0 Å². The fourth-order valence-electron chi connectivity index (χ4n) is 2.65. The van der Waals surface area contributed by atoms with E-state index in [2.05, 4.69) is 17.2 Å². The molecule has 7 nitrogen and oxygen atoms in total. The quantitative estimate of drug-likeness (QED) is 0.501. The van der Waals surface area contributed by atoms with Crippen molar-refractivity contribution in [2.24, 2.45) is 0 Å². The van der Waals surface area contributed by atoms with Gasteiger partial charge in [0.2, 0.25) is 5.91 Å². The number of rotatable bonds is 9. The largest absolute Gasteiger partial charge is 0.496 e. The van der Waals surface area contributed by atoms with Crippen LogP contribution in [0.5, 0.6) is 5.75 Å². The van der Waals surface area contributed by atoms with Crippen molar-refractivity contribution in [3.8, 4) is 5.75 Å². The number of carbonyl (C=O) groups excluding carboxylic acids is 3. The Labute approximate surface area is 169 Å². The number of methoxy groups -OCH3 is 2. The zero-order valence-corrected chi connectivity index (χ0v) is 16.5. The fourth-order valence-corrected chi connectivity index (χ4v) is 2.65. The van der Waals surface area contributed by atoms with Gasteiger partial charge in [-0.1, -0.05) is 18.2 Å².